The molecule has 0 unspecified atom stereocenters. The zero-order valence-corrected chi connectivity index (χ0v) is 20.0. The molecule has 34 heavy (non-hydrogen) atoms. The molecule has 7 heteroatoms. The summed E-state index contributed by atoms with van der Waals surface area (Å²) < 4.78 is 15.4. The van der Waals surface area contributed by atoms with Crippen LogP contribution in [0.2, 0.25) is 0 Å². The van der Waals surface area contributed by atoms with Crippen LogP contribution in [-0.2, 0) is 17.8 Å². The summed E-state index contributed by atoms with van der Waals surface area (Å²) in [6, 6.07) is 14.7. The number of benzene rings is 2. The number of aryl methyl sites for hydroxylation is 1. The van der Waals surface area contributed by atoms with E-state index in [2.05, 4.69) is 36.5 Å². The fourth-order valence-corrected chi connectivity index (χ4v) is 4.01. The predicted octanol–water partition coefficient (Wildman–Crippen LogP) is 5.67. The molecule has 0 aliphatic carbocycles. The summed E-state index contributed by atoms with van der Waals surface area (Å²) in [5.74, 6) is 1.00. The van der Waals surface area contributed by atoms with Gasteiger partial charge >= 0.3 is 0 Å². The van der Waals surface area contributed by atoms with Crippen LogP contribution in [0.25, 0.3) is 17.5 Å². The van der Waals surface area contributed by atoms with Crippen molar-refractivity contribution >= 4 is 23.6 Å². The molecule has 6 nitrogen and oxygen atoms in total. The molecule has 2 aromatic carbocycles. The minimum Gasteiger partial charge on any atom is -0.339 e. The summed E-state index contributed by atoms with van der Waals surface area (Å²) in [5.41, 5.74) is 8.84. The fourth-order valence-electron chi connectivity index (χ4n) is 4.01. The number of fused-ring (bicyclic) bond motifs is 1. The number of amides is 1. The summed E-state index contributed by atoms with van der Waals surface area (Å²) in [6.07, 6.45) is 8.20. The van der Waals surface area contributed by atoms with Crippen LogP contribution in [0.4, 0.5) is 15.9 Å². The minimum absolute atomic E-state index is 0.177. The Labute approximate surface area is 200 Å². The van der Waals surface area contributed by atoms with Crippen LogP contribution >= 0.6 is 0 Å². The van der Waals surface area contributed by atoms with Crippen molar-refractivity contribution in [3.8, 4) is 11.3 Å². The lowest BCUT2D eigenvalue weighted by Crippen LogP contribution is -2.49. The van der Waals surface area contributed by atoms with Gasteiger partial charge in [0.2, 0.25) is 5.91 Å². The van der Waals surface area contributed by atoms with Crippen molar-refractivity contribution in [2.75, 3.05) is 5.32 Å². The fraction of sp³-hybridized carbons (Fsp3) is 0.333. The number of carbonyl (C=O) groups excluding carboxylic acids is 1. The highest BCUT2D eigenvalue weighted by Crippen LogP contribution is 2.34. The lowest BCUT2D eigenvalue weighted by atomic mass is 10.0. The summed E-state index contributed by atoms with van der Waals surface area (Å²) in [6.45, 7) is 5.90. The van der Waals surface area contributed by atoms with E-state index in [4.69, 9.17) is 10.7 Å². The van der Waals surface area contributed by atoms with Gasteiger partial charge in [-0.15, -0.1) is 0 Å². The summed E-state index contributed by atoms with van der Waals surface area (Å²) in [5, 5.41) is 3.39. The molecule has 1 aromatic heterocycles. The highest BCUT2D eigenvalue weighted by Gasteiger charge is 2.30. The normalized spacial score (nSPS) is 13.1. The molecular weight excluding hydrogens is 429 g/mol. The standard InChI is InChI=1S/C27H32FN5O/c1-4-5-6-7-19-8-10-20(11-9-19)24-25(30-22-14-12-21(28)13-15-22)33-17-16-32(18-23(33)31-24)26(34)27(2,3)29/h8-17,30H,4-7,18,29H2,1-3H3. The van der Waals surface area contributed by atoms with Crippen LogP contribution in [-0.4, -0.2) is 25.9 Å². The molecule has 0 bridgehead atoms. The van der Waals surface area contributed by atoms with Crippen LogP contribution in [0.3, 0.4) is 0 Å². The van der Waals surface area contributed by atoms with Crippen LogP contribution in [0.15, 0.2) is 54.7 Å². The van der Waals surface area contributed by atoms with Crippen molar-refractivity contribution in [3.05, 3.63) is 71.9 Å². The van der Waals surface area contributed by atoms with E-state index in [-0.39, 0.29) is 11.7 Å². The monoisotopic (exact) mass is 461 g/mol. The topological polar surface area (TPSA) is 76.2 Å². The van der Waals surface area contributed by atoms with Crippen molar-refractivity contribution < 1.29 is 9.18 Å². The van der Waals surface area contributed by atoms with E-state index >= 15 is 0 Å². The third kappa shape index (κ3) is 5.20. The smallest absolute Gasteiger partial charge is 0.246 e. The second kappa shape index (κ2) is 9.81. The van der Waals surface area contributed by atoms with Gasteiger partial charge in [0, 0.05) is 23.7 Å². The van der Waals surface area contributed by atoms with Gasteiger partial charge in [-0.05, 0) is 56.5 Å². The Morgan fingerprint density at radius 1 is 1.09 bits per heavy atom. The van der Waals surface area contributed by atoms with Crippen molar-refractivity contribution in [2.24, 2.45) is 5.73 Å². The van der Waals surface area contributed by atoms with Gasteiger partial charge in [0.05, 0.1) is 12.1 Å². The van der Waals surface area contributed by atoms with Crippen LogP contribution in [0, 0.1) is 5.82 Å². The van der Waals surface area contributed by atoms with Crippen molar-refractivity contribution in [1.82, 2.24) is 14.5 Å². The Balaban J connectivity index is 1.68. The molecule has 3 N–H and O–H groups in total. The number of halogens is 1. The molecule has 0 radical (unpaired) electrons. The molecule has 0 fully saturated rings. The SMILES string of the molecule is CCCCCc1ccc(-c2nc3n(c2Nc2ccc(F)cc2)C=CN(C(=O)C(C)(C)N)C3)cc1. The molecule has 4 rings (SSSR count). The van der Waals surface area contributed by atoms with Gasteiger partial charge in [-0.2, -0.15) is 0 Å². The summed E-state index contributed by atoms with van der Waals surface area (Å²) in [7, 11) is 0. The number of hydrogen-bond donors (Lipinski definition) is 2. The molecule has 178 valence electrons. The molecule has 1 amide bonds. The van der Waals surface area contributed by atoms with Gasteiger partial charge in [-0.1, -0.05) is 44.0 Å². The number of rotatable bonds is 8. The zero-order chi connectivity index (χ0) is 24.3. The first-order valence-corrected chi connectivity index (χ1v) is 11.8. The number of nitrogens with one attached hydrogen (secondary N) is 1. The average Bonchev–Trinajstić information content (AvgIpc) is 3.17. The third-order valence-corrected chi connectivity index (χ3v) is 5.91. The lowest BCUT2D eigenvalue weighted by Gasteiger charge is -2.28. The maximum atomic E-state index is 13.4. The number of nitrogens with zero attached hydrogens (tertiary/aromatic N) is 3. The highest BCUT2D eigenvalue weighted by atomic mass is 19.1. The molecule has 0 saturated heterocycles. The average molecular weight is 462 g/mol. The second-order valence-corrected chi connectivity index (χ2v) is 9.33. The van der Waals surface area contributed by atoms with Crippen molar-refractivity contribution in [1.29, 1.82) is 0 Å². The zero-order valence-electron chi connectivity index (χ0n) is 20.0. The van der Waals surface area contributed by atoms with Gasteiger partial charge in [0.25, 0.3) is 0 Å². The highest BCUT2D eigenvalue weighted by molar-refractivity contribution is 5.87. The van der Waals surface area contributed by atoms with Gasteiger partial charge < -0.3 is 16.0 Å². The van der Waals surface area contributed by atoms with Gasteiger partial charge in [0.1, 0.15) is 23.2 Å². The third-order valence-electron chi connectivity index (χ3n) is 5.91. The molecule has 2 heterocycles. The maximum absolute atomic E-state index is 13.4. The maximum Gasteiger partial charge on any atom is 0.246 e. The molecule has 1 aliphatic heterocycles. The predicted molar refractivity (Wildman–Crippen MR) is 135 cm³/mol. The summed E-state index contributed by atoms with van der Waals surface area (Å²) in [4.78, 5) is 19.2. The van der Waals surface area contributed by atoms with E-state index in [0.717, 1.165) is 29.2 Å². The van der Waals surface area contributed by atoms with E-state index in [9.17, 15) is 9.18 Å². The molecule has 1 aliphatic rings. The molecule has 0 spiro atoms. The largest absolute Gasteiger partial charge is 0.339 e. The Kier molecular flexibility index (Phi) is 6.84. The van der Waals surface area contributed by atoms with E-state index in [1.807, 2.05) is 10.8 Å². The molecule has 0 saturated carbocycles. The number of unbranched alkanes of at least 4 members (excludes halogenated alkanes) is 2. The number of imidazole rings is 1. The van der Waals surface area contributed by atoms with Crippen LogP contribution < -0.4 is 11.1 Å². The summed E-state index contributed by atoms with van der Waals surface area (Å²) >= 11 is 0. The van der Waals surface area contributed by atoms with Gasteiger partial charge in [0.15, 0.2) is 0 Å². The quantitative estimate of drug-likeness (QED) is 0.424. The number of aromatic nitrogens is 2. The van der Waals surface area contributed by atoms with Crippen LogP contribution in [0.5, 0.6) is 0 Å². The van der Waals surface area contributed by atoms with Crippen molar-refractivity contribution in [2.45, 2.75) is 58.5 Å². The minimum atomic E-state index is -0.981. The molecular formula is C27H32FN5O. The molecule has 0 atom stereocenters. The lowest BCUT2D eigenvalue weighted by molar-refractivity contribution is -0.133. The van der Waals surface area contributed by atoms with Gasteiger partial charge in [-0.3, -0.25) is 9.36 Å². The van der Waals surface area contributed by atoms with Gasteiger partial charge in [-0.25, -0.2) is 9.37 Å². The molecule has 3 aromatic rings. The van der Waals surface area contributed by atoms with E-state index in [1.165, 1.54) is 37.0 Å². The first-order valence-electron chi connectivity index (χ1n) is 11.8. The number of nitrogens with two attached hydrogens (primary N) is 1. The van der Waals surface area contributed by atoms with E-state index in [1.54, 1.807) is 37.1 Å². The van der Waals surface area contributed by atoms with E-state index in [0.29, 0.717) is 12.4 Å². The number of hydrogen-bond acceptors (Lipinski definition) is 4. The van der Waals surface area contributed by atoms with Crippen LogP contribution in [0.1, 0.15) is 51.4 Å². The Morgan fingerprint density at radius 3 is 2.44 bits per heavy atom. The first kappa shape index (κ1) is 23.7. The number of carbonyl (C=O) groups is 1. The number of anilines is 2. The Morgan fingerprint density at radius 2 is 1.79 bits per heavy atom. The Bertz CT molecular complexity index is 1170. The second-order valence-electron chi connectivity index (χ2n) is 9.33. The van der Waals surface area contributed by atoms with Crippen molar-refractivity contribution in [3.63, 3.8) is 0 Å². The first-order chi connectivity index (χ1) is 16.3. The van der Waals surface area contributed by atoms with E-state index < -0.39 is 5.54 Å². The Hall–Kier alpha value is -3.45.